The van der Waals surface area contributed by atoms with Gasteiger partial charge in [0.05, 0.1) is 18.8 Å². The molecular weight excluding hydrogens is 336 g/mol. The van der Waals surface area contributed by atoms with Crippen molar-refractivity contribution in [1.29, 1.82) is 0 Å². The summed E-state index contributed by atoms with van der Waals surface area (Å²) in [6.07, 6.45) is 0.483. The molecule has 0 unspecified atom stereocenters. The van der Waals surface area contributed by atoms with Gasteiger partial charge in [0.25, 0.3) is 0 Å². The van der Waals surface area contributed by atoms with E-state index < -0.39 is 0 Å². The molecule has 0 aliphatic heterocycles. The molecule has 0 aliphatic rings. The normalized spacial score (nSPS) is 10.7. The number of amides is 1. The first-order valence-corrected chi connectivity index (χ1v) is 9.31. The van der Waals surface area contributed by atoms with E-state index in [9.17, 15) is 4.79 Å². The molecule has 0 radical (unpaired) electrons. The minimum atomic E-state index is 0.109. The molecule has 6 heteroatoms. The maximum atomic E-state index is 12.0. The topological polar surface area (TPSA) is 51.7 Å². The molecule has 0 atom stereocenters. The maximum absolute atomic E-state index is 12.0. The molecule has 0 spiro atoms. The second-order valence-corrected chi connectivity index (χ2v) is 6.87. The molecule has 2 aromatic rings. The lowest BCUT2D eigenvalue weighted by Crippen LogP contribution is -2.33. The van der Waals surface area contributed by atoms with Crippen LogP contribution in [-0.4, -0.2) is 36.1 Å². The molecule has 25 heavy (non-hydrogen) atoms. The molecule has 0 aliphatic carbocycles. The number of carbonyl (C=O) groups excluding carboxylic acids is 1. The minimum Gasteiger partial charge on any atom is -0.486 e. The average molecular weight is 362 g/mol. The Morgan fingerprint density at radius 2 is 2.08 bits per heavy atom. The summed E-state index contributed by atoms with van der Waals surface area (Å²) in [6.45, 7) is 8.07. The first-order chi connectivity index (χ1) is 12.0. The maximum Gasteiger partial charge on any atom is 0.222 e. The van der Waals surface area contributed by atoms with Crippen molar-refractivity contribution in [2.45, 2.75) is 40.3 Å². The van der Waals surface area contributed by atoms with Gasteiger partial charge in [0.2, 0.25) is 5.91 Å². The van der Waals surface area contributed by atoms with Crippen molar-refractivity contribution in [2.75, 3.05) is 20.3 Å². The van der Waals surface area contributed by atoms with Gasteiger partial charge < -0.3 is 14.4 Å². The molecular formula is C19H26N2O3S. The zero-order valence-electron chi connectivity index (χ0n) is 15.4. The van der Waals surface area contributed by atoms with Crippen molar-refractivity contribution in [3.63, 3.8) is 0 Å². The van der Waals surface area contributed by atoms with Crippen molar-refractivity contribution in [3.05, 3.63) is 45.4 Å². The molecule has 1 aromatic carbocycles. The van der Waals surface area contributed by atoms with Gasteiger partial charge in [-0.1, -0.05) is 13.0 Å². The van der Waals surface area contributed by atoms with Crippen molar-refractivity contribution >= 4 is 17.2 Å². The molecule has 136 valence electrons. The van der Waals surface area contributed by atoms with Crippen LogP contribution >= 0.6 is 11.3 Å². The lowest BCUT2D eigenvalue weighted by molar-refractivity contribution is -0.132. The SMILES string of the molecule is CCC(=O)N(CCOC)Cc1csc(COc2ccc(C)c(C)c2)n1. The van der Waals surface area contributed by atoms with Gasteiger partial charge in [0.1, 0.15) is 17.4 Å². The van der Waals surface area contributed by atoms with E-state index in [4.69, 9.17) is 9.47 Å². The third-order valence-electron chi connectivity index (χ3n) is 4.01. The van der Waals surface area contributed by atoms with Gasteiger partial charge in [-0.2, -0.15) is 0 Å². The van der Waals surface area contributed by atoms with Crippen molar-refractivity contribution in [2.24, 2.45) is 0 Å². The number of benzene rings is 1. The zero-order chi connectivity index (χ0) is 18.2. The lowest BCUT2D eigenvalue weighted by atomic mass is 10.1. The lowest BCUT2D eigenvalue weighted by Gasteiger charge is -2.20. The molecule has 0 N–H and O–H groups in total. The fraction of sp³-hybridized carbons (Fsp3) is 0.474. The van der Waals surface area contributed by atoms with E-state index in [1.807, 2.05) is 24.4 Å². The second-order valence-electron chi connectivity index (χ2n) is 5.93. The van der Waals surface area contributed by atoms with E-state index >= 15 is 0 Å². The number of thiazole rings is 1. The van der Waals surface area contributed by atoms with E-state index in [2.05, 4.69) is 24.9 Å². The second kappa shape index (κ2) is 9.53. The number of aryl methyl sites for hydroxylation is 2. The molecule has 0 saturated carbocycles. The van der Waals surface area contributed by atoms with E-state index in [-0.39, 0.29) is 5.91 Å². The summed E-state index contributed by atoms with van der Waals surface area (Å²) in [6, 6.07) is 6.07. The standard InChI is InChI=1S/C19H26N2O3S/c1-5-19(22)21(8-9-23-4)11-16-13-25-18(20-16)12-24-17-7-6-14(2)15(3)10-17/h6-7,10,13H,5,8-9,11-12H2,1-4H3. The Morgan fingerprint density at radius 1 is 1.28 bits per heavy atom. The average Bonchev–Trinajstić information content (AvgIpc) is 3.06. The van der Waals surface area contributed by atoms with Crippen LogP contribution in [0.5, 0.6) is 5.75 Å². The van der Waals surface area contributed by atoms with Crippen molar-refractivity contribution in [1.82, 2.24) is 9.88 Å². The smallest absolute Gasteiger partial charge is 0.222 e. The summed E-state index contributed by atoms with van der Waals surface area (Å²) >= 11 is 1.56. The summed E-state index contributed by atoms with van der Waals surface area (Å²) in [5.41, 5.74) is 3.35. The largest absolute Gasteiger partial charge is 0.486 e. The Labute approximate surface area is 153 Å². The van der Waals surface area contributed by atoms with E-state index in [1.54, 1.807) is 23.3 Å². The highest BCUT2D eigenvalue weighted by molar-refractivity contribution is 7.09. The highest BCUT2D eigenvalue weighted by atomic mass is 32.1. The number of hydrogen-bond acceptors (Lipinski definition) is 5. The number of rotatable bonds is 9. The van der Waals surface area contributed by atoms with Gasteiger partial charge in [-0.3, -0.25) is 4.79 Å². The van der Waals surface area contributed by atoms with Crippen LogP contribution in [0.4, 0.5) is 0 Å². The number of nitrogens with zero attached hydrogens (tertiary/aromatic N) is 2. The first-order valence-electron chi connectivity index (χ1n) is 8.43. The van der Waals surface area contributed by atoms with E-state index in [0.717, 1.165) is 16.5 Å². The van der Waals surface area contributed by atoms with Crippen LogP contribution in [0.15, 0.2) is 23.6 Å². The summed E-state index contributed by atoms with van der Waals surface area (Å²) in [5.74, 6) is 0.959. The molecule has 1 heterocycles. The van der Waals surface area contributed by atoms with E-state index in [0.29, 0.717) is 32.7 Å². The van der Waals surface area contributed by atoms with Gasteiger partial charge in [-0.25, -0.2) is 4.98 Å². The molecule has 2 rings (SSSR count). The Morgan fingerprint density at radius 3 is 2.76 bits per heavy atom. The molecule has 5 nitrogen and oxygen atoms in total. The number of ether oxygens (including phenoxy) is 2. The third-order valence-corrected chi connectivity index (χ3v) is 4.88. The van der Waals surface area contributed by atoms with Crippen LogP contribution in [0.1, 0.15) is 35.2 Å². The Balaban J connectivity index is 1.93. The molecule has 0 fully saturated rings. The third kappa shape index (κ3) is 5.83. The fourth-order valence-electron chi connectivity index (χ4n) is 2.35. The van der Waals surface area contributed by atoms with Gasteiger partial charge in [0.15, 0.2) is 0 Å². The van der Waals surface area contributed by atoms with Crippen LogP contribution in [-0.2, 0) is 22.7 Å². The summed E-state index contributed by atoms with van der Waals surface area (Å²) in [7, 11) is 1.64. The molecule has 1 amide bonds. The van der Waals surface area contributed by atoms with Gasteiger partial charge >= 0.3 is 0 Å². The van der Waals surface area contributed by atoms with Gasteiger partial charge in [-0.15, -0.1) is 11.3 Å². The predicted molar refractivity (Wildman–Crippen MR) is 99.9 cm³/mol. The monoisotopic (exact) mass is 362 g/mol. The predicted octanol–water partition coefficient (Wildman–Crippen LogP) is 3.72. The number of hydrogen-bond donors (Lipinski definition) is 0. The highest BCUT2D eigenvalue weighted by Crippen LogP contribution is 2.19. The quantitative estimate of drug-likeness (QED) is 0.682. The fourth-order valence-corrected chi connectivity index (χ4v) is 3.05. The Hall–Kier alpha value is -1.92. The van der Waals surface area contributed by atoms with Crippen molar-refractivity contribution in [3.8, 4) is 5.75 Å². The van der Waals surface area contributed by atoms with Gasteiger partial charge in [-0.05, 0) is 37.1 Å². The number of methoxy groups -OCH3 is 1. The zero-order valence-corrected chi connectivity index (χ0v) is 16.2. The molecule has 0 saturated heterocycles. The van der Waals surface area contributed by atoms with Crippen LogP contribution in [0.3, 0.4) is 0 Å². The minimum absolute atomic E-state index is 0.109. The molecule has 1 aromatic heterocycles. The summed E-state index contributed by atoms with van der Waals surface area (Å²) in [5, 5.41) is 2.89. The number of aromatic nitrogens is 1. The van der Waals surface area contributed by atoms with Crippen molar-refractivity contribution < 1.29 is 14.3 Å². The van der Waals surface area contributed by atoms with Crippen LogP contribution in [0.25, 0.3) is 0 Å². The van der Waals surface area contributed by atoms with Crippen LogP contribution in [0, 0.1) is 13.8 Å². The van der Waals surface area contributed by atoms with E-state index in [1.165, 1.54) is 11.1 Å². The van der Waals surface area contributed by atoms with Crippen LogP contribution in [0.2, 0.25) is 0 Å². The highest BCUT2D eigenvalue weighted by Gasteiger charge is 2.14. The summed E-state index contributed by atoms with van der Waals surface area (Å²) < 4.78 is 10.9. The first kappa shape index (κ1) is 19.4. The Bertz CT molecular complexity index is 700. The Kier molecular flexibility index (Phi) is 7.40. The van der Waals surface area contributed by atoms with Crippen LogP contribution < -0.4 is 4.74 Å². The number of carbonyl (C=O) groups is 1. The molecule has 0 bridgehead atoms. The summed E-state index contributed by atoms with van der Waals surface area (Å²) in [4.78, 5) is 18.4. The van der Waals surface area contributed by atoms with Gasteiger partial charge in [0, 0.05) is 25.5 Å².